The molecule has 9 heteroatoms. The number of rotatable bonds is 3. The van der Waals surface area contributed by atoms with Gasteiger partial charge in [0, 0.05) is 10.7 Å². The molecule has 0 unspecified atom stereocenters. The minimum absolute atomic E-state index is 0.187. The molecule has 0 heterocycles. The molecule has 0 bridgehead atoms. The second kappa shape index (κ2) is 8.40. The van der Waals surface area contributed by atoms with Crippen LogP contribution in [0.5, 0.6) is 5.75 Å². The van der Waals surface area contributed by atoms with E-state index >= 15 is 0 Å². The molecular weight excluding hydrogens is 709 g/mol. The quantitative estimate of drug-likeness (QED) is 0.149. The fraction of sp³-hybridized carbons (Fsp3) is 0.278. The Balaban J connectivity index is 2.11. The van der Waals surface area contributed by atoms with E-state index in [0.717, 1.165) is 23.6 Å². The van der Waals surface area contributed by atoms with Gasteiger partial charge in [-0.3, -0.25) is 0 Å². The number of halogens is 3. The van der Waals surface area contributed by atoms with Gasteiger partial charge >= 0.3 is 5.97 Å². The highest BCUT2D eigenvalue weighted by atomic mass is 127. The van der Waals surface area contributed by atoms with Gasteiger partial charge in [-0.2, -0.15) is 0 Å². The van der Waals surface area contributed by atoms with Gasteiger partial charge in [0.1, 0.15) is 15.9 Å². The number of carbonyl (C=O) groups excluding carboxylic acids is 1. The second-order valence-electron chi connectivity index (χ2n) is 6.25. The molecule has 0 aromatic heterocycles. The van der Waals surface area contributed by atoms with Gasteiger partial charge in [0.15, 0.2) is 0 Å². The van der Waals surface area contributed by atoms with Gasteiger partial charge in [-0.1, -0.05) is 0 Å². The summed E-state index contributed by atoms with van der Waals surface area (Å²) < 4.78 is 43.3. The van der Waals surface area contributed by atoms with Gasteiger partial charge in [-0.05, 0) is 135 Å². The van der Waals surface area contributed by atoms with E-state index in [0.29, 0.717) is 40.8 Å². The van der Waals surface area contributed by atoms with Crippen molar-refractivity contribution in [3.8, 4) is 5.75 Å². The molecule has 3 rings (SSSR count). The van der Waals surface area contributed by atoms with Gasteiger partial charge in [0.25, 0.3) is 0 Å². The Morgan fingerprint density at radius 2 is 1.67 bits per heavy atom. The Hall–Kier alpha value is 0.0100. The fourth-order valence-electron chi connectivity index (χ4n) is 3.24. The molecule has 27 heavy (non-hydrogen) atoms. The van der Waals surface area contributed by atoms with E-state index in [2.05, 4.69) is 67.8 Å². The third-order valence-electron chi connectivity index (χ3n) is 4.46. The first-order valence-corrected chi connectivity index (χ1v) is 12.7. The predicted molar refractivity (Wildman–Crippen MR) is 125 cm³/mol. The molecule has 5 nitrogen and oxygen atoms in total. The maximum atomic E-state index is 12.9. The molecule has 0 amide bonds. The zero-order chi connectivity index (χ0) is 19.9. The molecule has 0 saturated carbocycles. The molecule has 2 aromatic rings. The van der Waals surface area contributed by atoms with Crippen molar-refractivity contribution in [1.82, 2.24) is 0 Å². The number of esters is 1. The summed E-state index contributed by atoms with van der Waals surface area (Å²) in [7, 11) is -4.58. The number of hydrogen-bond acceptors (Lipinski definition) is 5. The zero-order valence-corrected chi connectivity index (χ0v) is 21.4. The van der Waals surface area contributed by atoms with Crippen LogP contribution in [0.3, 0.4) is 0 Å². The van der Waals surface area contributed by atoms with E-state index in [1.165, 1.54) is 6.07 Å². The van der Waals surface area contributed by atoms with Crippen LogP contribution in [-0.4, -0.2) is 18.9 Å². The maximum Gasteiger partial charge on any atom is 0.345 e. The smallest absolute Gasteiger partial charge is 0.345 e. The summed E-state index contributed by atoms with van der Waals surface area (Å²) in [4.78, 5) is 12.7. The SMILES string of the molecule is Cc1cc(S(=O)(=O)[O-])c2c(c1OC(=O)c1c(I)ccc(I)c1I)CCCC2. The number of carbonyl (C=O) groups is 1. The van der Waals surface area contributed by atoms with Crippen LogP contribution in [0, 0.1) is 17.6 Å². The van der Waals surface area contributed by atoms with Crippen molar-refractivity contribution >= 4 is 83.9 Å². The molecule has 2 aromatic carbocycles. The first kappa shape index (κ1) is 21.7. The average molecular weight is 723 g/mol. The lowest BCUT2D eigenvalue weighted by Gasteiger charge is -2.25. The van der Waals surface area contributed by atoms with Crippen molar-refractivity contribution in [3.63, 3.8) is 0 Å². The lowest BCUT2D eigenvalue weighted by Crippen LogP contribution is -2.18. The summed E-state index contributed by atoms with van der Waals surface area (Å²) >= 11 is 6.39. The molecule has 0 spiro atoms. The minimum Gasteiger partial charge on any atom is -0.744 e. The highest BCUT2D eigenvalue weighted by molar-refractivity contribution is 14.1. The highest BCUT2D eigenvalue weighted by Crippen LogP contribution is 2.38. The van der Waals surface area contributed by atoms with E-state index in [9.17, 15) is 17.8 Å². The lowest BCUT2D eigenvalue weighted by molar-refractivity contribution is 0.0729. The molecule has 0 radical (unpaired) electrons. The summed E-state index contributed by atoms with van der Waals surface area (Å²) in [5.41, 5.74) is 2.14. The Kier molecular flexibility index (Phi) is 6.75. The van der Waals surface area contributed by atoms with Crippen molar-refractivity contribution in [2.75, 3.05) is 0 Å². The lowest BCUT2D eigenvalue weighted by atomic mass is 9.89. The molecule has 0 atom stereocenters. The van der Waals surface area contributed by atoms with Crippen LogP contribution < -0.4 is 4.74 Å². The van der Waals surface area contributed by atoms with Gasteiger partial charge in [0.2, 0.25) is 0 Å². The van der Waals surface area contributed by atoms with Crippen LogP contribution in [-0.2, 0) is 23.0 Å². The standard InChI is InChI=1S/C18H15I3O5S/c1-9-8-14(27(23,24)25)10-4-2-3-5-11(10)17(9)26-18(22)15-12(19)6-7-13(20)16(15)21/h6-8H,2-5H2,1H3,(H,23,24,25)/p-1. The number of hydrogen-bond donors (Lipinski definition) is 0. The van der Waals surface area contributed by atoms with Gasteiger partial charge in [-0.25, -0.2) is 13.2 Å². The third-order valence-corrected chi connectivity index (χ3v) is 9.31. The fourth-order valence-corrected chi connectivity index (χ4v) is 6.41. The number of fused-ring (bicyclic) bond motifs is 1. The first-order chi connectivity index (χ1) is 12.6. The van der Waals surface area contributed by atoms with Crippen LogP contribution in [0.1, 0.15) is 39.9 Å². The van der Waals surface area contributed by atoms with Gasteiger partial charge in [0.05, 0.1) is 10.5 Å². The summed E-state index contributed by atoms with van der Waals surface area (Å²) in [5, 5.41) is 0. The molecule has 144 valence electrons. The van der Waals surface area contributed by atoms with E-state index in [1.54, 1.807) is 6.92 Å². The van der Waals surface area contributed by atoms with E-state index < -0.39 is 16.1 Å². The summed E-state index contributed by atoms with van der Waals surface area (Å²) in [5.74, 6) is -0.0940. The number of ether oxygens (including phenoxy) is 1. The molecule has 0 N–H and O–H groups in total. The summed E-state index contributed by atoms with van der Waals surface area (Å²) in [6.07, 6.45) is 2.74. The average Bonchev–Trinajstić information content (AvgIpc) is 2.60. The number of benzene rings is 2. The van der Waals surface area contributed by atoms with Crippen molar-refractivity contribution < 1.29 is 22.5 Å². The highest BCUT2D eigenvalue weighted by Gasteiger charge is 2.26. The topological polar surface area (TPSA) is 83.5 Å². The van der Waals surface area contributed by atoms with Crippen LogP contribution in [0.2, 0.25) is 0 Å². The Bertz CT molecular complexity index is 1050. The summed E-state index contributed by atoms with van der Waals surface area (Å²) in [6, 6.07) is 5.12. The largest absolute Gasteiger partial charge is 0.744 e. The first-order valence-electron chi connectivity index (χ1n) is 8.08. The Morgan fingerprint density at radius 1 is 1.07 bits per heavy atom. The Labute approximate surface area is 198 Å². The third kappa shape index (κ3) is 4.46. The molecule has 1 aliphatic carbocycles. The Morgan fingerprint density at radius 3 is 2.30 bits per heavy atom. The van der Waals surface area contributed by atoms with Crippen molar-refractivity contribution in [2.45, 2.75) is 37.5 Å². The molecule has 0 aliphatic heterocycles. The summed E-state index contributed by atoms with van der Waals surface area (Å²) in [6.45, 7) is 1.66. The van der Waals surface area contributed by atoms with Crippen molar-refractivity contribution in [1.29, 1.82) is 0 Å². The normalized spacial score (nSPS) is 14.0. The van der Waals surface area contributed by atoms with Crippen LogP contribution in [0.15, 0.2) is 23.1 Å². The minimum atomic E-state index is -4.58. The van der Waals surface area contributed by atoms with E-state index in [1.807, 2.05) is 12.1 Å². The van der Waals surface area contributed by atoms with Gasteiger partial charge < -0.3 is 9.29 Å². The van der Waals surface area contributed by atoms with E-state index in [-0.39, 0.29) is 4.90 Å². The molecular formula is C18H14I3O5S-. The second-order valence-corrected chi connectivity index (χ2v) is 11.0. The molecule has 1 aliphatic rings. The van der Waals surface area contributed by atoms with Crippen LogP contribution in [0.25, 0.3) is 0 Å². The molecule has 0 saturated heterocycles. The van der Waals surface area contributed by atoms with Crippen molar-refractivity contribution in [3.05, 3.63) is 51.2 Å². The maximum absolute atomic E-state index is 12.9. The zero-order valence-electron chi connectivity index (χ0n) is 14.1. The number of aryl methyl sites for hydroxylation is 1. The van der Waals surface area contributed by atoms with Gasteiger partial charge in [-0.15, -0.1) is 0 Å². The monoisotopic (exact) mass is 723 g/mol. The predicted octanol–water partition coefficient (Wildman–Crippen LogP) is 4.81. The molecule has 0 fully saturated rings. The van der Waals surface area contributed by atoms with E-state index in [4.69, 9.17) is 4.74 Å². The van der Waals surface area contributed by atoms with Crippen molar-refractivity contribution in [2.24, 2.45) is 0 Å². The van der Waals surface area contributed by atoms with Crippen LogP contribution in [0.4, 0.5) is 0 Å². The van der Waals surface area contributed by atoms with Crippen LogP contribution >= 0.6 is 67.8 Å².